The Hall–Kier alpha value is -3.08. The van der Waals surface area contributed by atoms with Gasteiger partial charge in [-0.3, -0.25) is 0 Å². The molecule has 2 aromatic rings. The second-order valence-corrected chi connectivity index (χ2v) is 7.01. The first-order chi connectivity index (χ1) is 14.5. The van der Waals surface area contributed by atoms with E-state index in [1.165, 1.54) is 0 Å². The number of carbonyl (C=O) groups is 1. The zero-order chi connectivity index (χ0) is 21.5. The summed E-state index contributed by atoms with van der Waals surface area (Å²) < 4.78 is 4.91. The third-order valence-corrected chi connectivity index (χ3v) is 4.69. The maximum absolute atomic E-state index is 11.6. The number of carbonyl (C=O) groups excluding carboxylic acids is 1. The minimum Gasteiger partial charge on any atom is -0.450 e. The van der Waals surface area contributed by atoms with E-state index in [0.29, 0.717) is 48.0 Å². The van der Waals surface area contributed by atoms with E-state index < -0.39 is 6.09 Å². The first-order valence-corrected chi connectivity index (χ1v) is 10.2. The van der Waals surface area contributed by atoms with Crippen molar-refractivity contribution in [3.63, 3.8) is 0 Å². The molecular formula is C19H29N9O2. The fourth-order valence-corrected chi connectivity index (χ4v) is 2.96. The summed E-state index contributed by atoms with van der Waals surface area (Å²) in [5.41, 5.74) is 0.702. The Balaban J connectivity index is 1.82. The van der Waals surface area contributed by atoms with E-state index in [4.69, 9.17) is 4.74 Å². The van der Waals surface area contributed by atoms with Crippen molar-refractivity contribution in [2.75, 3.05) is 50.1 Å². The molecule has 162 valence electrons. The summed E-state index contributed by atoms with van der Waals surface area (Å²) in [6.07, 6.45) is 1.87. The van der Waals surface area contributed by atoms with Gasteiger partial charge in [0.25, 0.3) is 0 Å². The van der Waals surface area contributed by atoms with Gasteiger partial charge in [-0.25, -0.2) is 14.8 Å². The van der Waals surface area contributed by atoms with Gasteiger partial charge in [0.05, 0.1) is 13.2 Å². The molecule has 3 rings (SSSR count). The molecular weight excluding hydrogens is 386 g/mol. The molecule has 30 heavy (non-hydrogen) atoms. The maximum Gasteiger partial charge on any atom is 0.407 e. The van der Waals surface area contributed by atoms with Crippen LogP contribution in [0.25, 0.3) is 0 Å². The van der Waals surface area contributed by atoms with Crippen LogP contribution in [0.5, 0.6) is 0 Å². The van der Waals surface area contributed by atoms with Crippen LogP contribution in [0, 0.1) is 6.92 Å². The summed E-state index contributed by atoms with van der Waals surface area (Å²) in [6, 6.07) is 0. The summed E-state index contributed by atoms with van der Waals surface area (Å²) in [4.78, 5) is 38.5. The maximum atomic E-state index is 11.6. The molecule has 1 amide bonds. The van der Waals surface area contributed by atoms with Crippen LogP contribution in [0.1, 0.15) is 31.1 Å². The zero-order valence-corrected chi connectivity index (χ0v) is 18.0. The van der Waals surface area contributed by atoms with Crippen molar-refractivity contribution >= 4 is 23.8 Å². The number of aryl methyl sites for hydroxylation is 2. The van der Waals surface area contributed by atoms with Crippen LogP contribution >= 0.6 is 0 Å². The Labute approximate surface area is 176 Å². The monoisotopic (exact) mass is 415 g/mol. The molecule has 1 aliphatic rings. The van der Waals surface area contributed by atoms with E-state index in [2.05, 4.69) is 52.4 Å². The first kappa shape index (κ1) is 21.6. The summed E-state index contributed by atoms with van der Waals surface area (Å²) in [5.74, 6) is 2.93. The minimum atomic E-state index is -0.491. The molecule has 0 aromatic carbocycles. The van der Waals surface area contributed by atoms with Crippen molar-refractivity contribution in [1.82, 2.24) is 35.1 Å². The highest BCUT2D eigenvalue weighted by Gasteiger charge is 2.19. The number of nitrogens with zero attached hydrogens (tertiary/aromatic N) is 7. The number of anilines is 3. The Morgan fingerprint density at radius 1 is 1.13 bits per heavy atom. The van der Waals surface area contributed by atoms with Gasteiger partial charge in [0.2, 0.25) is 11.9 Å². The number of rotatable bonds is 7. The number of piperazine rings is 1. The molecule has 0 saturated carbocycles. The number of hydrogen-bond acceptors (Lipinski definition) is 10. The highest BCUT2D eigenvalue weighted by molar-refractivity contribution is 5.67. The predicted octanol–water partition coefficient (Wildman–Crippen LogP) is 1.27. The van der Waals surface area contributed by atoms with Crippen molar-refractivity contribution in [1.29, 1.82) is 0 Å². The Kier molecular flexibility index (Phi) is 7.28. The quantitative estimate of drug-likeness (QED) is 0.684. The van der Waals surface area contributed by atoms with Gasteiger partial charge >= 0.3 is 6.09 Å². The molecule has 3 heterocycles. The second kappa shape index (κ2) is 10.1. The number of ether oxygens (including phenoxy) is 1. The highest BCUT2D eigenvalue weighted by Crippen LogP contribution is 2.19. The Morgan fingerprint density at radius 3 is 2.60 bits per heavy atom. The average molecular weight is 416 g/mol. The van der Waals surface area contributed by atoms with Gasteiger partial charge in [-0.05, 0) is 20.9 Å². The molecule has 2 N–H and O–H groups in total. The number of alkyl carbamates (subject to hydrolysis) is 1. The summed E-state index contributed by atoms with van der Waals surface area (Å²) in [7, 11) is 2.11. The third-order valence-electron chi connectivity index (χ3n) is 4.69. The predicted molar refractivity (Wildman–Crippen MR) is 113 cm³/mol. The largest absolute Gasteiger partial charge is 0.450 e. The minimum absolute atomic E-state index is 0.221. The smallest absolute Gasteiger partial charge is 0.407 e. The lowest BCUT2D eigenvalue weighted by atomic mass is 10.3. The van der Waals surface area contributed by atoms with Gasteiger partial charge in [-0.1, -0.05) is 6.92 Å². The van der Waals surface area contributed by atoms with E-state index in [1.807, 2.05) is 6.92 Å². The van der Waals surface area contributed by atoms with Gasteiger partial charge in [-0.2, -0.15) is 15.0 Å². The Morgan fingerprint density at radius 2 is 1.90 bits per heavy atom. The number of aromatic nitrogens is 5. The first-order valence-electron chi connectivity index (χ1n) is 10.2. The number of nitrogens with one attached hydrogen (secondary N) is 2. The molecule has 0 radical (unpaired) electrons. The molecule has 0 bridgehead atoms. The summed E-state index contributed by atoms with van der Waals surface area (Å²) in [5, 5.41) is 5.88. The average Bonchev–Trinajstić information content (AvgIpc) is 2.73. The molecule has 1 fully saturated rings. The normalized spacial score (nSPS) is 14.5. The van der Waals surface area contributed by atoms with E-state index in [9.17, 15) is 4.79 Å². The second-order valence-electron chi connectivity index (χ2n) is 7.01. The molecule has 0 atom stereocenters. The van der Waals surface area contributed by atoms with Gasteiger partial charge in [0, 0.05) is 44.4 Å². The highest BCUT2D eigenvalue weighted by atomic mass is 16.5. The van der Waals surface area contributed by atoms with Crippen LogP contribution in [0.3, 0.4) is 0 Å². The van der Waals surface area contributed by atoms with Crippen LogP contribution in [0.4, 0.5) is 22.5 Å². The molecule has 2 aromatic heterocycles. The van der Waals surface area contributed by atoms with E-state index in [-0.39, 0.29) is 6.54 Å². The fraction of sp³-hybridized carbons (Fsp3) is 0.579. The molecule has 0 aliphatic carbocycles. The lowest BCUT2D eigenvalue weighted by Crippen LogP contribution is -2.45. The molecule has 11 nitrogen and oxygen atoms in total. The van der Waals surface area contributed by atoms with Gasteiger partial charge < -0.3 is 25.2 Å². The van der Waals surface area contributed by atoms with Gasteiger partial charge in [0.1, 0.15) is 17.5 Å². The molecule has 0 unspecified atom stereocenters. The molecule has 1 aliphatic heterocycles. The van der Waals surface area contributed by atoms with E-state index in [0.717, 1.165) is 26.2 Å². The molecule has 1 saturated heterocycles. The molecule has 11 heteroatoms. The topological polar surface area (TPSA) is 121 Å². The summed E-state index contributed by atoms with van der Waals surface area (Å²) >= 11 is 0. The summed E-state index contributed by atoms with van der Waals surface area (Å²) in [6.45, 7) is 9.75. The number of likely N-dealkylation sites (N-methyl/N-ethyl adjacent to an activating group) is 1. The van der Waals surface area contributed by atoms with Gasteiger partial charge in [-0.15, -0.1) is 0 Å². The zero-order valence-electron chi connectivity index (χ0n) is 18.0. The van der Waals surface area contributed by atoms with Crippen molar-refractivity contribution in [3.8, 4) is 0 Å². The van der Waals surface area contributed by atoms with Crippen LogP contribution in [-0.4, -0.2) is 75.7 Å². The van der Waals surface area contributed by atoms with E-state index in [1.54, 1.807) is 20.0 Å². The van der Waals surface area contributed by atoms with Gasteiger partial charge in [0.15, 0.2) is 0 Å². The lowest BCUT2D eigenvalue weighted by Gasteiger charge is -2.32. The van der Waals surface area contributed by atoms with E-state index >= 15 is 0 Å². The SMILES string of the molecule is CCOC(=O)NCc1cnc(C)nc1Nc1nc(CC)nc(N2CCN(C)CC2)n1. The number of amides is 1. The van der Waals surface area contributed by atoms with Crippen LogP contribution in [0.2, 0.25) is 0 Å². The van der Waals surface area contributed by atoms with Crippen molar-refractivity contribution < 1.29 is 9.53 Å². The van der Waals surface area contributed by atoms with Crippen molar-refractivity contribution in [3.05, 3.63) is 23.4 Å². The lowest BCUT2D eigenvalue weighted by molar-refractivity contribution is 0.151. The van der Waals surface area contributed by atoms with Crippen LogP contribution in [-0.2, 0) is 17.7 Å². The Bertz CT molecular complexity index is 869. The number of hydrogen-bond donors (Lipinski definition) is 2. The third kappa shape index (κ3) is 5.72. The van der Waals surface area contributed by atoms with Crippen LogP contribution in [0.15, 0.2) is 6.20 Å². The van der Waals surface area contributed by atoms with Crippen molar-refractivity contribution in [2.24, 2.45) is 0 Å². The van der Waals surface area contributed by atoms with Crippen molar-refractivity contribution in [2.45, 2.75) is 33.7 Å². The fourth-order valence-electron chi connectivity index (χ4n) is 2.96. The van der Waals surface area contributed by atoms with Crippen LogP contribution < -0.4 is 15.5 Å². The molecule has 0 spiro atoms. The standard InChI is InChI=1S/C19H29N9O2/c1-5-15-23-17(26-18(24-15)28-9-7-27(4)8-10-28)25-16-14(11-20-13(3)22-16)12-21-19(29)30-6-2/h11H,5-10,12H2,1-4H3,(H,21,29)(H,20,22,23,24,25,26).